The third-order valence-corrected chi connectivity index (χ3v) is 5.55. The molecule has 3 aromatic rings. The number of hydrogen-bond acceptors (Lipinski definition) is 4. The average molecular weight is 442 g/mol. The van der Waals surface area contributed by atoms with Gasteiger partial charge >= 0.3 is 0 Å². The molecule has 5 nitrogen and oxygen atoms in total. The predicted molar refractivity (Wildman–Crippen MR) is 126 cm³/mol. The number of hydrogen-bond donors (Lipinski definition) is 1. The van der Waals surface area contributed by atoms with Gasteiger partial charge in [-0.05, 0) is 62.2 Å². The summed E-state index contributed by atoms with van der Waals surface area (Å²) in [6, 6.07) is 17.3. The molecule has 0 radical (unpaired) electrons. The Balaban J connectivity index is 1.99. The van der Waals surface area contributed by atoms with Gasteiger partial charge in [-0.15, -0.1) is 0 Å². The molecule has 0 aliphatic heterocycles. The van der Waals surface area contributed by atoms with Crippen molar-refractivity contribution < 1.29 is 9.84 Å². The third-order valence-electron chi connectivity index (χ3n) is 5.30. The molecule has 0 fully saturated rings. The SMILES string of the molecule is CCCN(Cc1c(C)nn(-c2ccccc2)c1Oc1ccc(Cl)cc1)CC(O)C(C)C. The second-order valence-electron chi connectivity index (χ2n) is 8.22. The van der Waals surface area contributed by atoms with Crippen LogP contribution in [0.3, 0.4) is 0 Å². The highest BCUT2D eigenvalue weighted by molar-refractivity contribution is 6.30. The molecule has 2 aromatic carbocycles. The molecule has 0 aliphatic rings. The molecule has 0 bridgehead atoms. The second kappa shape index (κ2) is 10.8. The number of halogens is 1. The van der Waals surface area contributed by atoms with E-state index in [4.69, 9.17) is 21.4 Å². The van der Waals surface area contributed by atoms with E-state index < -0.39 is 0 Å². The van der Waals surface area contributed by atoms with Crippen LogP contribution in [0.5, 0.6) is 11.6 Å². The van der Waals surface area contributed by atoms with E-state index in [0.717, 1.165) is 29.9 Å². The van der Waals surface area contributed by atoms with E-state index in [1.807, 2.05) is 80.1 Å². The van der Waals surface area contributed by atoms with Gasteiger partial charge in [0.2, 0.25) is 5.88 Å². The number of benzene rings is 2. The second-order valence-corrected chi connectivity index (χ2v) is 8.66. The summed E-state index contributed by atoms with van der Waals surface area (Å²) in [5.41, 5.74) is 2.86. The molecule has 0 amide bonds. The van der Waals surface area contributed by atoms with E-state index in [-0.39, 0.29) is 12.0 Å². The van der Waals surface area contributed by atoms with Gasteiger partial charge in [0, 0.05) is 18.1 Å². The number of nitrogens with zero attached hydrogens (tertiary/aromatic N) is 3. The number of aromatic nitrogens is 2. The minimum Gasteiger partial charge on any atom is -0.439 e. The quantitative estimate of drug-likeness (QED) is 0.428. The molecular weight excluding hydrogens is 410 g/mol. The van der Waals surface area contributed by atoms with Crippen LogP contribution in [0.15, 0.2) is 54.6 Å². The first-order valence-electron chi connectivity index (χ1n) is 10.9. The third kappa shape index (κ3) is 6.10. The van der Waals surface area contributed by atoms with Crippen molar-refractivity contribution in [2.24, 2.45) is 5.92 Å². The van der Waals surface area contributed by atoms with E-state index in [0.29, 0.717) is 29.7 Å². The van der Waals surface area contributed by atoms with Crippen molar-refractivity contribution in [3.05, 3.63) is 70.9 Å². The van der Waals surface area contributed by atoms with E-state index in [2.05, 4.69) is 11.8 Å². The molecule has 1 heterocycles. The van der Waals surface area contributed by atoms with Crippen LogP contribution in [0.4, 0.5) is 0 Å². The maximum atomic E-state index is 10.5. The van der Waals surface area contributed by atoms with Crippen molar-refractivity contribution in [1.29, 1.82) is 0 Å². The molecule has 0 saturated heterocycles. The summed E-state index contributed by atoms with van der Waals surface area (Å²) in [7, 11) is 0. The standard InChI is InChI=1S/C25H32ClN3O2/c1-5-15-28(17-24(30)18(2)3)16-23-19(4)27-29(21-9-7-6-8-10-21)25(23)31-22-13-11-20(26)12-14-22/h6-14,18,24,30H,5,15-17H2,1-4H3. The van der Waals surface area contributed by atoms with E-state index in [1.165, 1.54) is 0 Å². The Morgan fingerprint density at radius 2 is 1.77 bits per heavy atom. The summed E-state index contributed by atoms with van der Waals surface area (Å²) in [5, 5.41) is 15.9. The average Bonchev–Trinajstić information content (AvgIpc) is 3.05. The molecule has 1 atom stereocenters. The van der Waals surface area contributed by atoms with Crippen LogP contribution in [-0.2, 0) is 6.54 Å². The smallest absolute Gasteiger partial charge is 0.227 e. The molecular formula is C25H32ClN3O2. The molecule has 0 spiro atoms. The zero-order valence-corrected chi connectivity index (χ0v) is 19.5. The molecule has 0 saturated carbocycles. The topological polar surface area (TPSA) is 50.5 Å². The van der Waals surface area contributed by atoms with Gasteiger partial charge in [0.05, 0.1) is 23.0 Å². The van der Waals surface area contributed by atoms with Gasteiger partial charge in [0.25, 0.3) is 0 Å². The first-order valence-corrected chi connectivity index (χ1v) is 11.2. The van der Waals surface area contributed by atoms with E-state index in [9.17, 15) is 5.11 Å². The summed E-state index contributed by atoms with van der Waals surface area (Å²) >= 11 is 6.05. The number of aliphatic hydroxyl groups excluding tert-OH is 1. The predicted octanol–water partition coefficient (Wildman–Crippen LogP) is 5.86. The number of rotatable bonds is 10. The molecule has 1 N–H and O–H groups in total. The molecule has 1 unspecified atom stereocenters. The number of aliphatic hydroxyl groups is 1. The maximum Gasteiger partial charge on any atom is 0.227 e. The zero-order chi connectivity index (χ0) is 22.4. The molecule has 6 heteroatoms. The van der Waals surface area contributed by atoms with Gasteiger partial charge in [-0.3, -0.25) is 4.90 Å². The summed E-state index contributed by atoms with van der Waals surface area (Å²) < 4.78 is 8.20. The fraction of sp³-hybridized carbons (Fsp3) is 0.400. The zero-order valence-electron chi connectivity index (χ0n) is 18.8. The van der Waals surface area contributed by atoms with Crippen molar-refractivity contribution in [1.82, 2.24) is 14.7 Å². The first-order chi connectivity index (χ1) is 14.9. The monoisotopic (exact) mass is 441 g/mol. The van der Waals surface area contributed by atoms with Gasteiger partial charge < -0.3 is 9.84 Å². The normalized spacial score (nSPS) is 12.5. The van der Waals surface area contributed by atoms with Crippen LogP contribution < -0.4 is 4.74 Å². The largest absolute Gasteiger partial charge is 0.439 e. The highest BCUT2D eigenvalue weighted by Gasteiger charge is 2.23. The first kappa shape index (κ1) is 23.3. The lowest BCUT2D eigenvalue weighted by molar-refractivity contribution is 0.0728. The molecule has 166 valence electrons. The number of ether oxygens (including phenoxy) is 1. The summed E-state index contributed by atoms with van der Waals surface area (Å²) in [4.78, 5) is 2.28. The highest BCUT2D eigenvalue weighted by atomic mass is 35.5. The maximum absolute atomic E-state index is 10.5. The minimum absolute atomic E-state index is 0.206. The van der Waals surface area contributed by atoms with Crippen LogP contribution in [0.2, 0.25) is 5.02 Å². The fourth-order valence-corrected chi connectivity index (χ4v) is 3.56. The lowest BCUT2D eigenvalue weighted by Crippen LogP contribution is -2.35. The molecule has 3 rings (SSSR count). The Morgan fingerprint density at radius 1 is 1.10 bits per heavy atom. The molecule has 0 aliphatic carbocycles. The lowest BCUT2D eigenvalue weighted by Gasteiger charge is -2.26. The molecule has 31 heavy (non-hydrogen) atoms. The van der Waals surface area contributed by atoms with Crippen LogP contribution in [0.1, 0.15) is 38.4 Å². The number of para-hydroxylation sites is 1. The van der Waals surface area contributed by atoms with Crippen LogP contribution in [-0.4, -0.2) is 39.0 Å². The van der Waals surface area contributed by atoms with Crippen LogP contribution in [0, 0.1) is 12.8 Å². The Kier molecular flexibility index (Phi) is 8.13. The Bertz CT molecular complexity index is 955. The lowest BCUT2D eigenvalue weighted by atomic mass is 10.1. The van der Waals surface area contributed by atoms with Gasteiger partial charge in [-0.1, -0.05) is 50.6 Å². The van der Waals surface area contributed by atoms with Crippen molar-refractivity contribution >= 4 is 11.6 Å². The summed E-state index contributed by atoms with van der Waals surface area (Å²) in [5.74, 6) is 1.59. The Hall–Kier alpha value is -2.34. The minimum atomic E-state index is -0.378. The van der Waals surface area contributed by atoms with E-state index in [1.54, 1.807) is 0 Å². The van der Waals surface area contributed by atoms with E-state index >= 15 is 0 Å². The van der Waals surface area contributed by atoms with Gasteiger partial charge in [0.1, 0.15) is 5.75 Å². The Morgan fingerprint density at radius 3 is 2.39 bits per heavy atom. The molecule has 1 aromatic heterocycles. The van der Waals surface area contributed by atoms with Crippen molar-refractivity contribution in [2.75, 3.05) is 13.1 Å². The van der Waals surface area contributed by atoms with Crippen LogP contribution >= 0.6 is 11.6 Å². The van der Waals surface area contributed by atoms with Crippen molar-refractivity contribution in [3.63, 3.8) is 0 Å². The summed E-state index contributed by atoms with van der Waals surface area (Å²) in [6.07, 6.45) is 0.626. The van der Waals surface area contributed by atoms with Crippen LogP contribution in [0.25, 0.3) is 5.69 Å². The number of aryl methyl sites for hydroxylation is 1. The van der Waals surface area contributed by atoms with Gasteiger partial charge in [-0.2, -0.15) is 5.10 Å². The summed E-state index contributed by atoms with van der Waals surface area (Å²) in [6.45, 7) is 10.4. The fourth-order valence-electron chi connectivity index (χ4n) is 3.43. The Labute approximate surface area is 190 Å². The van der Waals surface area contributed by atoms with Crippen molar-refractivity contribution in [2.45, 2.75) is 46.8 Å². The highest BCUT2D eigenvalue weighted by Crippen LogP contribution is 2.32. The van der Waals surface area contributed by atoms with Crippen molar-refractivity contribution in [3.8, 4) is 17.3 Å². The van der Waals surface area contributed by atoms with Gasteiger partial charge in [0.15, 0.2) is 0 Å². The van der Waals surface area contributed by atoms with Gasteiger partial charge in [-0.25, -0.2) is 4.68 Å².